The Kier molecular flexibility index (Phi) is 20.4. The molecule has 0 atom stereocenters. The van der Waals surface area contributed by atoms with Crippen LogP contribution in [0.15, 0.2) is 0 Å². The standard InChI is InChI=1S/C37H65N3O4S/c1-6-9-11-13-15-17-21-30(22-18-16-14-12-10-7-2)44-35(42)24-20-19-23-34(41)40-27-25-31-33(29-40)45-32(8-3)36(31)37(43)38-26-28-39(4)5/h30H,6-29H2,1-5H3,(H,38,43). The van der Waals surface area contributed by atoms with Crippen LogP contribution in [0.5, 0.6) is 0 Å². The van der Waals surface area contributed by atoms with E-state index >= 15 is 0 Å². The minimum Gasteiger partial charge on any atom is -0.462 e. The van der Waals surface area contributed by atoms with Crippen molar-refractivity contribution in [2.24, 2.45) is 0 Å². The van der Waals surface area contributed by atoms with Crippen LogP contribution in [0.1, 0.15) is 162 Å². The zero-order valence-electron chi connectivity index (χ0n) is 29.5. The summed E-state index contributed by atoms with van der Waals surface area (Å²) in [6, 6.07) is 0. The van der Waals surface area contributed by atoms with E-state index in [9.17, 15) is 14.4 Å². The number of aryl methyl sites for hydroxylation is 1. The van der Waals surface area contributed by atoms with Crippen LogP contribution in [0.2, 0.25) is 0 Å². The number of likely N-dealkylation sites (N-methyl/N-ethyl adjacent to an activating group) is 1. The van der Waals surface area contributed by atoms with Crippen molar-refractivity contribution in [3.05, 3.63) is 20.9 Å². The van der Waals surface area contributed by atoms with Gasteiger partial charge in [0.25, 0.3) is 5.91 Å². The van der Waals surface area contributed by atoms with Gasteiger partial charge in [-0.25, -0.2) is 0 Å². The summed E-state index contributed by atoms with van der Waals surface area (Å²) in [5, 5.41) is 3.08. The Labute approximate surface area is 279 Å². The van der Waals surface area contributed by atoms with Crippen molar-refractivity contribution >= 4 is 29.1 Å². The third-order valence-electron chi connectivity index (χ3n) is 8.95. The number of hydrogen-bond acceptors (Lipinski definition) is 6. The Morgan fingerprint density at radius 3 is 2.04 bits per heavy atom. The van der Waals surface area contributed by atoms with Crippen LogP contribution >= 0.6 is 11.3 Å². The lowest BCUT2D eigenvalue weighted by Crippen LogP contribution is -2.36. The van der Waals surface area contributed by atoms with Gasteiger partial charge in [0.1, 0.15) is 6.10 Å². The molecule has 0 aliphatic carbocycles. The van der Waals surface area contributed by atoms with Gasteiger partial charge >= 0.3 is 5.97 Å². The number of nitrogens with one attached hydrogen (secondary N) is 1. The van der Waals surface area contributed by atoms with Crippen LogP contribution in [0.3, 0.4) is 0 Å². The fourth-order valence-electron chi connectivity index (χ4n) is 6.18. The van der Waals surface area contributed by atoms with Crippen molar-refractivity contribution < 1.29 is 19.1 Å². The molecule has 1 aliphatic heterocycles. The first kappa shape index (κ1) is 39.2. The first-order chi connectivity index (χ1) is 21.8. The average molecular weight is 648 g/mol. The number of esters is 1. The van der Waals surface area contributed by atoms with E-state index in [2.05, 4.69) is 31.0 Å². The van der Waals surface area contributed by atoms with Crippen molar-refractivity contribution in [3.8, 4) is 0 Å². The molecular weight excluding hydrogens is 582 g/mol. The molecule has 2 rings (SSSR count). The van der Waals surface area contributed by atoms with Crippen LogP contribution in [0, 0.1) is 0 Å². The molecular formula is C37H65N3O4S. The highest BCUT2D eigenvalue weighted by Crippen LogP contribution is 2.34. The summed E-state index contributed by atoms with van der Waals surface area (Å²) >= 11 is 1.68. The zero-order chi connectivity index (χ0) is 32.9. The van der Waals surface area contributed by atoms with E-state index in [1.165, 1.54) is 64.2 Å². The Balaban J connectivity index is 1.76. The maximum atomic E-state index is 13.1. The van der Waals surface area contributed by atoms with Crippen molar-refractivity contribution in [1.29, 1.82) is 0 Å². The van der Waals surface area contributed by atoms with E-state index in [1.54, 1.807) is 11.3 Å². The van der Waals surface area contributed by atoms with Gasteiger partial charge in [-0.05, 0) is 71.0 Å². The maximum Gasteiger partial charge on any atom is 0.306 e. The first-order valence-electron chi connectivity index (χ1n) is 18.3. The molecule has 2 heterocycles. The Morgan fingerprint density at radius 1 is 0.844 bits per heavy atom. The molecule has 0 spiro atoms. The minimum atomic E-state index is -0.103. The van der Waals surface area contributed by atoms with E-state index in [0.29, 0.717) is 45.3 Å². The molecule has 0 saturated carbocycles. The zero-order valence-corrected chi connectivity index (χ0v) is 30.3. The number of carbonyl (C=O) groups is 3. The highest BCUT2D eigenvalue weighted by Gasteiger charge is 2.29. The lowest BCUT2D eigenvalue weighted by molar-refractivity contribution is -0.150. The summed E-state index contributed by atoms with van der Waals surface area (Å²) in [5.74, 6) is 0.0506. The third kappa shape index (κ3) is 15.5. The van der Waals surface area contributed by atoms with Crippen LogP contribution in [0.25, 0.3) is 0 Å². The van der Waals surface area contributed by atoms with Gasteiger partial charge in [0, 0.05) is 42.2 Å². The second-order valence-electron chi connectivity index (χ2n) is 13.2. The predicted octanol–water partition coefficient (Wildman–Crippen LogP) is 8.46. The van der Waals surface area contributed by atoms with Gasteiger partial charge < -0.3 is 19.9 Å². The smallest absolute Gasteiger partial charge is 0.306 e. The summed E-state index contributed by atoms with van der Waals surface area (Å²) in [7, 11) is 4.00. The normalized spacial score (nSPS) is 13.0. The van der Waals surface area contributed by atoms with Crippen LogP contribution in [-0.4, -0.2) is 67.4 Å². The highest BCUT2D eigenvalue weighted by atomic mass is 32.1. The molecule has 1 aromatic rings. The average Bonchev–Trinajstić information content (AvgIpc) is 3.40. The summed E-state index contributed by atoms with van der Waals surface area (Å²) in [6.07, 6.45) is 20.8. The minimum absolute atomic E-state index is 0.0130. The number of carbonyl (C=O) groups excluding carboxylic acids is 3. The number of fused-ring (bicyclic) bond motifs is 1. The molecule has 0 aromatic carbocycles. The fourth-order valence-corrected chi connectivity index (χ4v) is 7.49. The lowest BCUT2D eigenvalue weighted by Gasteiger charge is -2.27. The van der Waals surface area contributed by atoms with Gasteiger partial charge in [0.15, 0.2) is 0 Å². The predicted molar refractivity (Wildman–Crippen MR) is 188 cm³/mol. The second-order valence-corrected chi connectivity index (χ2v) is 14.4. The molecule has 0 bridgehead atoms. The number of ether oxygens (including phenoxy) is 1. The quantitative estimate of drug-likeness (QED) is 0.0851. The second kappa shape index (κ2) is 23.4. The third-order valence-corrected chi connectivity index (χ3v) is 10.3. The summed E-state index contributed by atoms with van der Waals surface area (Å²) < 4.78 is 5.98. The number of nitrogens with zero attached hydrogens (tertiary/aromatic N) is 2. The molecule has 1 N–H and O–H groups in total. The Morgan fingerprint density at radius 2 is 1.44 bits per heavy atom. The molecule has 1 aliphatic rings. The molecule has 0 radical (unpaired) electrons. The fraction of sp³-hybridized carbons (Fsp3) is 0.811. The molecule has 8 heteroatoms. The molecule has 45 heavy (non-hydrogen) atoms. The largest absolute Gasteiger partial charge is 0.462 e. The van der Waals surface area contributed by atoms with Crippen molar-refractivity contribution in [2.45, 2.75) is 162 Å². The summed E-state index contributed by atoms with van der Waals surface area (Å²) in [6.45, 7) is 9.23. The summed E-state index contributed by atoms with van der Waals surface area (Å²) in [5.41, 5.74) is 1.97. The number of hydrogen-bond donors (Lipinski definition) is 1. The van der Waals surface area contributed by atoms with Crippen LogP contribution in [-0.2, 0) is 33.7 Å². The van der Waals surface area contributed by atoms with Crippen molar-refractivity contribution in [1.82, 2.24) is 15.1 Å². The maximum absolute atomic E-state index is 13.1. The van der Waals surface area contributed by atoms with E-state index in [0.717, 1.165) is 66.0 Å². The van der Waals surface area contributed by atoms with Crippen LogP contribution in [0.4, 0.5) is 0 Å². The number of thiophene rings is 1. The molecule has 0 fully saturated rings. The van der Waals surface area contributed by atoms with Crippen molar-refractivity contribution in [2.75, 3.05) is 33.7 Å². The monoisotopic (exact) mass is 647 g/mol. The molecule has 258 valence electrons. The molecule has 1 aromatic heterocycles. The van der Waals surface area contributed by atoms with Gasteiger partial charge in [-0.2, -0.15) is 0 Å². The number of unbranched alkanes of at least 4 members (excludes halogenated alkanes) is 11. The van der Waals surface area contributed by atoms with Crippen LogP contribution < -0.4 is 5.32 Å². The van der Waals surface area contributed by atoms with E-state index < -0.39 is 0 Å². The SMILES string of the molecule is CCCCCCCCC(CCCCCCCC)OC(=O)CCCCC(=O)N1CCc2c(sc(CC)c2C(=O)NCCN(C)C)C1. The van der Waals surface area contributed by atoms with Gasteiger partial charge in [-0.15, -0.1) is 11.3 Å². The first-order valence-corrected chi connectivity index (χ1v) is 19.2. The molecule has 2 amide bonds. The number of rotatable bonds is 25. The van der Waals surface area contributed by atoms with E-state index in [-0.39, 0.29) is 23.9 Å². The Bertz CT molecular complexity index is 977. The molecule has 0 unspecified atom stereocenters. The lowest BCUT2D eigenvalue weighted by atomic mass is 9.99. The van der Waals surface area contributed by atoms with E-state index in [4.69, 9.17) is 4.74 Å². The van der Waals surface area contributed by atoms with Gasteiger partial charge in [0.2, 0.25) is 5.91 Å². The molecule has 0 saturated heterocycles. The summed E-state index contributed by atoms with van der Waals surface area (Å²) in [4.78, 5) is 45.1. The van der Waals surface area contributed by atoms with Gasteiger partial charge in [-0.1, -0.05) is 85.0 Å². The van der Waals surface area contributed by atoms with Gasteiger partial charge in [-0.3, -0.25) is 14.4 Å². The van der Waals surface area contributed by atoms with Crippen molar-refractivity contribution in [3.63, 3.8) is 0 Å². The number of amides is 2. The topological polar surface area (TPSA) is 79.0 Å². The highest BCUT2D eigenvalue weighted by molar-refractivity contribution is 7.12. The van der Waals surface area contributed by atoms with E-state index in [1.807, 2.05) is 19.0 Å². The Hall–Kier alpha value is -1.93. The molecule has 7 nitrogen and oxygen atoms in total. The van der Waals surface area contributed by atoms with Gasteiger partial charge in [0.05, 0.1) is 12.1 Å².